The standard InChI is InChI=1S/C14H22N.BrH/c1-5-11-15(3,4)12-14-9-7-13(6-2)8-10-14;/h6-10H,2,5,11-12H2,1,3-4H3;1H/q+1;/p-1. The Labute approximate surface area is 110 Å². The summed E-state index contributed by atoms with van der Waals surface area (Å²) in [7, 11) is 4.57. The Morgan fingerprint density at radius 2 is 1.75 bits per heavy atom. The summed E-state index contributed by atoms with van der Waals surface area (Å²) in [5, 5.41) is 0. The fourth-order valence-electron chi connectivity index (χ4n) is 1.94. The highest BCUT2D eigenvalue weighted by Crippen LogP contribution is 2.11. The van der Waals surface area contributed by atoms with Gasteiger partial charge in [-0.25, -0.2) is 0 Å². The topological polar surface area (TPSA) is 0 Å². The van der Waals surface area contributed by atoms with Crippen molar-refractivity contribution in [3.63, 3.8) is 0 Å². The first-order valence-electron chi connectivity index (χ1n) is 5.61. The smallest absolute Gasteiger partial charge is 0.104 e. The van der Waals surface area contributed by atoms with Crippen LogP contribution in [0.3, 0.4) is 0 Å². The van der Waals surface area contributed by atoms with Gasteiger partial charge in [0.05, 0.1) is 20.6 Å². The first-order chi connectivity index (χ1) is 7.07. The average molecular weight is 284 g/mol. The van der Waals surface area contributed by atoms with Gasteiger partial charge in [0.15, 0.2) is 0 Å². The molecule has 0 bridgehead atoms. The molecule has 0 aliphatic rings. The second kappa shape index (κ2) is 6.87. The monoisotopic (exact) mass is 283 g/mol. The number of rotatable bonds is 5. The van der Waals surface area contributed by atoms with Crippen molar-refractivity contribution in [3.8, 4) is 0 Å². The van der Waals surface area contributed by atoms with Gasteiger partial charge >= 0.3 is 0 Å². The minimum absolute atomic E-state index is 0. The first kappa shape index (κ1) is 15.4. The second-order valence-corrected chi connectivity index (χ2v) is 4.76. The lowest BCUT2D eigenvalue weighted by Crippen LogP contribution is -3.00. The van der Waals surface area contributed by atoms with Gasteiger partial charge in [-0.3, -0.25) is 0 Å². The Kier molecular flexibility index (Phi) is 6.61. The predicted molar refractivity (Wildman–Crippen MR) is 67.5 cm³/mol. The van der Waals surface area contributed by atoms with E-state index in [1.54, 1.807) is 0 Å². The zero-order valence-corrected chi connectivity index (χ0v) is 12.1. The van der Waals surface area contributed by atoms with E-state index in [4.69, 9.17) is 0 Å². The third-order valence-electron chi connectivity index (χ3n) is 2.65. The van der Waals surface area contributed by atoms with E-state index in [9.17, 15) is 0 Å². The molecule has 0 aromatic heterocycles. The number of hydrogen-bond acceptors (Lipinski definition) is 0. The average Bonchev–Trinajstić information content (AvgIpc) is 2.18. The molecule has 1 aromatic carbocycles. The number of nitrogens with zero attached hydrogens (tertiary/aromatic N) is 1. The van der Waals surface area contributed by atoms with Crippen LogP contribution in [0.2, 0.25) is 0 Å². The van der Waals surface area contributed by atoms with Gasteiger partial charge in [-0.15, -0.1) is 0 Å². The van der Waals surface area contributed by atoms with Gasteiger partial charge in [0.1, 0.15) is 6.54 Å². The van der Waals surface area contributed by atoms with E-state index in [1.807, 2.05) is 6.08 Å². The number of benzene rings is 1. The molecule has 1 aromatic rings. The fourth-order valence-corrected chi connectivity index (χ4v) is 1.94. The molecule has 0 spiro atoms. The van der Waals surface area contributed by atoms with Gasteiger partial charge in [0.25, 0.3) is 0 Å². The summed E-state index contributed by atoms with van der Waals surface area (Å²) in [5.74, 6) is 0. The van der Waals surface area contributed by atoms with Gasteiger partial charge in [0.2, 0.25) is 0 Å². The largest absolute Gasteiger partial charge is 1.00 e. The molecule has 0 radical (unpaired) electrons. The molecule has 0 atom stereocenters. The SMILES string of the molecule is C=Cc1ccc(C[N+](C)(C)CCC)cc1.[Br-]. The van der Waals surface area contributed by atoms with Crippen LogP contribution >= 0.6 is 0 Å². The van der Waals surface area contributed by atoms with Crippen molar-refractivity contribution in [2.45, 2.75) is 19.9 Å². The Bertz CT molecular complexity index is 314. The van der Waals surface area contributed by atoms with E-state index in [0.717, 1.165) is 11.0 Å². The zero-order chi connectivity index (χ0) is 11.3. The van der Waals surface area contributed by atoms with Gasteiger partial charge in [-0.05, 0) is 12.0 Å². The van der Waals surface area contributed by atoms with Crippen LogP contribution in [0.25, 0.3) is 6.08 Å². The van der Waals surface area contributed by atoms with Crippen LogP contribution in [0.5, 0.6) is 0 Å². The summed E-state index contributed by atoms with van der Waals surface area (Å²) in [6.45, 7) is 8.33. The first-order valence-corrected chi connectivity index (χ1v) is 5.61. The highest BCUT2D eigenvalue weighted by Gasteiger charge is 2.13. The highest BCUT2D eigenvalue weighted by atomic mass is 79.9. The van der Waals surface area contributed by atoms with Gasteiger partial charge < -0.3 is 21.5 Å². The molecule has 0 aliphatic carbocycles. The van der Waals surface area contributed by atoms with Crippen molar-refractivity contribution in [1.82, 2.24) is 0 Å². The summed E-state index contributed by atoms with van der Waals surface area (Å²) in [5.41, 5.74) is 2.60. The maximum atomic E-state index is 3.76. The van der Waals surface area contributed by atoms with E-state index in [0.29, 0.717) is 0 Å². The van der Waals surface area contributed by atoms with Crippen LogP contribution in [0, 0.1) is 0 Å². The quantitative estimate of drug-likeness (QED) is 0.683. The number of quaternary nitrogens is 1. The van der Waals surface area contributed by atoms with E-state index in [2.05, 4.69) is 51.9 Å². The van der Waals surface area contributed by atoms with Crippen LogP contribution < -0.4 is 17.0 Å². The molecule has 2 heteroatoms. The molecule has 0 fully saturated rings. The predicted octanol–water partition coefficient (Wildman–Crippen LogP) is 0.320. The van der Waals surface area contributed by atoms with Crippen LogP contribution in [0.4, 0.5) is 0 Å². The van der Waals surface area contributed by atoms with Crippen LogP contribution in [0.15, 0.2) is 30.8 Å². The Hall–Kier alpha value is -0.600. The molecule has 0 saturated heterocycles. The zero-order valence-electron chi connectivity index (χ0n) is 10.5. The molecule has 0 amide bonds. The Morgan fingerprint density at radius 3 is 2.19 bits per heavy atom. The van der Waals surface area contributed by atoms with E-state index >= 15 is 0 Å². The van der Waals surface area contributed by atoms with E-state index in [1.165, 1.54) is 24.1 Å². The molecular weight excluding hydrogens is 262 g/mol. The van der Waals surface area contributed by atoms with Crippen molar-refractivity contribution in [2.75, 3.05) is 20.6 Å². The minimum atomic E-state index is 0. The summed E-state index contributed by atoms with van der Waals surface area (Å²) >= 11 is 0. The van der Waals surface area contributed by atoms with E-state index in [-0.39, 0.29) is 17.0 Å². The van der Waals surface area contributed by atoms with Gasteiger partial charge in [-0.1, -0.05) is 43.8 Å². The second-order valence-electron chi connectivity index (χ2n) is 4.76. The van der Waals surface area contributed by atoms with Crippen molar-refractivity contribution in [2.24, 2.45) is 0 Å². The van der Waals surface area contributed by atoms with Gasteiger partial charge in [-0.2, -0.15) is 0 Å². The fraction of sp³-hybridized carbons (Fsp3) is 0.429. The van der Waals surface area contributed by atoms with E-state index < -0.39 is 0 Å². The maximum Gasteiger partial charge on any atom is 0.104 e. The summed E-state index contributed by atoms with van der Waals surface area (Å²) in [6.07, 6.45) is 3.12. The van der Waals surface area contributed by atoms with Crippen molar-refractivity contribution in [3.05, 3.63) is 42.0 Å². The molecule has 0 N–H and O–H groups in total. The molecule has 0 saturated carbocycles. The van der Waals surface area contributed by atoms with Crippen molar-refractivity contribution >= 4 is 6.08 Å². The normalized spacial score (nSPS) is 10.7. The molecule has 1 nitrogen and oxygen atoms in total. The molecule has 0 aliphatic heterocycles. The summed E-state index contributed by atoms with van der Waals surface area (Å²) in [4.78, 5) is 0. The molecule has 0 unspecified atom stereocenters. The molecular formula is C14H22BrN. The molecule has 16 heavy (non-hydrogen) atoms. The Morgan fingerprint density at radius 1 is 1.19 bits per heavy atom. The Balaban J connectivity index is 0.00000225. The van der Waals surface area contributed by atoms with Crippen LogP contribution in [0.1, 0.15) is 24.5 Å². The third-order valence-corrected chi connectivity index (χ3v) is 2.65. The molecule has 0 heterocycles. The van der Waals surface area contributed by atoms with Gasteiger partial charge in [0, 0.05) is 5.56 Å². The number of hydrogen-bond donors (Lipinski definition) is 0. The maximum absolute atomic E-state index is 3.76. The molecule has 1 rings (SSSR count). The summed E-state index contributed by atoms with van der Waals surface area (Å²) in [6, 6.07) is 8.67. The van der Waals surface area contributed by atoms with Crippen molar-refractivity contribution in [1.29, 1.82) is 0 Å². The third kappa shape index (κ3) is 4.95. The van der Waals surface area contributed by atoms with Crippen molar-refractivity contribution < 1.29 is 21.5 Å². The molecule has 90 valence electrons. The lowest BCUT2D eigenvalue weighted by atomic mass is 10.1. The minimum Gasteiger partial charge on any atom is -1.00 e. The lowest BCUT2D eigenvalue weighted by molar-refractivity contribution is -0.903. The van der Waals surface area contributed by atoms with Crippen LogP contribution in [-0.4, -0.2) is 25.1 Å². The lowest BCUT2D eigenvalue weighted by Gasteiger charge is -2.29. The highest BCUT2D eigenvalue weighted by molar-refractivity contribution is 5.47. The van der Waals surface area contributed by atoms with Crippen LogP contribution in [-0.2, 0) is 6.54 Å². The summed E-state index contributed by atoms with van der Waals surface area (Å²) < 4.78 is 1.06. The number of halogens is 1.